The van der Waals surface area contributed by atoms with Crippen molar-refractivity contribution in [3.05, 3.63) is 58.6 Å². The van der Waals surface area contributed by atoms with Gasteiger partial charge in [0.15, 0.2) is 0 Å². The lowest BCUT2D eigenvalue weighted by atomic mass is 10.2. The molecule has 3 aromatic rings. The third kappa shape index (κ3) is 8.01. The molecule has 2 aromatic carbocycles. The molecular weight excluding hydrogens is 531 g/mol. The largest absolute Gasteiger partial charge is 0.512 e. The Balaban J connectivity index is 1.16. The predicted octanol–water partition coefficient (Wildman–Crippen LogP) is 5.19. The highest BCUT2D eigenvalue weighted by Gasteiger charge is 2.19. The van der Waals surface area contributed by atoms with E-state index in [2.05, 4.69) is 20.1 Å². The smallest absolute Gasteiger partial charge is 0.494 e. The Hall–Kier alpha value is -2.98. The Kier molecular flexibility index (Phi) is 10.5. The van der Waals surface area contributed by atoms with E-state index in [1.54, 1.807) is 13.1 Å². The summed E-state index contributed by atoms with van der Waals surface area (Å²) in [6.45, 7) is 5.28. The zero-order chi connectivity index (χ0) is 26.7. The minimum atomic E-state index is -0.819. The van der Waals surface area contributed by atoms with Gasteiger partial charge >= 0.3 is 6.16 Å². The molecule has 11 heteroatoms. The molecule has 1 fully saturated rings. The highest BCUT2D eigenvalue weighted by atomic mass is 35.5. The van der Waals surface area contributed by atoms with E-state index >= 15 is 0 Å². The number of unbranched alkanes of at least 4 members (excludes halogenated alkanes) is 1. The lowest BCUT2D eigenvalue weighted by Crippen LogP contribution is -2.46. The van der Waals surface area contributed by atoms with Gasteiger partial charge in [0, 0.05) is 43.7 Å². The first kappa shape index (κ1) is 28.0. The standard InChI is InChI=1S/C27H32Cl2N4O5/c1-30-18-36-27(34)38-19-37-25-10-8-20-7-9-21(17-23(20)31-25)35-16-3-2-11-32-12-14-33(15-13-32)24-6-4-5-22(28)26(24)29/h4-10,17,30H,2-3,11-16,18-19H2,1H3. The summed E-state index contributed by atoms with van der Waals surface area (Å²) in [6.07, 6.45) is 1.19. The summed E-state index contributed by atoms with van der Waals surface area (Å²) >= 11 is 12.6. The molecule has 1 aromatic heterocycles. The average molecular weight is 563 g/mol. The van der Waals surface area contributed by atoms with Crippen LogP contribution in [0.25, 0.3) is 10.9 Å². The lowest BCUT2D eigenvalue weighted by molar-refractivity contribution is 0.00104. The van der Waals surface area contributed by atoms with E-state index in [-0.39, 0.29) is 13.5 Å². The van der Waals surface area contributed by atoms with Crippen LogP contribution in [0.4, 0.5) is 10.5 Å². The van der Waals surface area contributed by atoms with E-state index < -0.39 is 6.16 Å². The number of carbonyl (C=O) groups excluding carboxylic acids is 1. The fourth-order valence-corrected chi connectivity index (χ4v) is 4.55. The second-order valence-corrected chi connectivity index (χ2v) is 9.55. The number of aromatic nitrogens is 1. The number of anilines is 1. The van der Waals surface area contributed by atoms with Gasteiger partial charge in [-0.05, 0) is 56.8 Å². The molecule has 1 aliphatic heterocycles. The van der Waals surface area contributed by atoms with Crippen molar-refractivity contribution >= 4 is 45.9 Å². The molecule has 1 saturated heterocycles. The van der Waals surface area contributed by atoms with E-state index in [4.69, 9.17) is 42.1 Å². The van der Waals surface area contributed by atoms with Crippen LogP contribution in [0.15, 0.2) is 48.5 Å². The van der Waals surface area contributed by atoms with Gasteiger partial charge in [0.1, 0.15) is 12.5 Å². The van der Waals surface area contributed by atoms with Crippen LogP contribution in [-0.4, -0.2) is 75.9 Å². The number of nitrogens with one attached hydrogen (secondary N) is 1. The van der Waals surface area contributed by atoms with Crippen LogP contribution in [0.5, 0.6) is 11.6 Å². The van der Waals surface area contributed by atoms with Crippen molar-refractivity contribution in [2.24, 2.45) is 0 Å². The summed E-state index contributed by atoms with van der Waals surface area (Å²) in [5, 5.41) is 4.86. The Morgan fingerprint density at radius 2 is 1.82 bits per heavy atom. The number of nitrogens with zero attached hydrogens (tertiary/aromatic N) is 3. The minimum Gasteiger partial charge on any atom is -0.494 e. The Bertz CT molecular complexity index is 1210. The highest BCUT2D eigenvalue weighted by Crippen LogP contribution is 2.33. The number of piperazine rings is 1. The van der Waals surface area contributed by atoms with Crippen LogP contribution in [0, 0.1) is 0 Å². The van der Waals surface area contributed by atoms with Crippen molar-refractivity contribution in [2.45, 2.75) is 12.8 Å². The van der Waals surface area contributed by atoms with Gasteiger partial charge in [-0.2, -0.15) is 0 Å². The molecule has 9 nitrogen and oxygen atoms in total. The summed E-state index contributed by atoms with van der Waals surface area (Å²) in [5.74, 6) is 1.09. The van der Waals surface area contributed by atoms with Crippen molar-refractivity contribution in [3.63, 3.8) is 0 Å². The summed E-state index contributed by atoms with van der Waals surface area (Å²) in [4.78, 5) is 20.6. The summed E-state index contributed by atoms with van der Waals surface area (Å²) in [5.41, 5.74) is 1.74. The van der Waals surface area contributed by atoms with E-state index in [0.29, 0.717) is 22.5 Å². The molecular formula is C27H32Cl2N4O5. The van der Waals surface area contributed by atoms with Crippen molar-refractivity contribution < 1.29 is 23.7 Å². The molecule has 0 unspecified atom stereocenters. The zero-order valence-corrected chi connectivity index (χ0v) is 22.8. The number of hydrogen-bond acceptors (Lipinski definition) is 9. The third-order valence-electron chi connectivity index (χ3n) is 6.14. The van der Waals surface area contributed by atoms with E-state index in [1.165, 1.54) is 0 Å². The normalized spacial score (nSPS) is 13.9. The fraction of sp³-hybridized carbons (Fsp3) is 0.407. The van der Waals surface area contributed by atoms with Crippen molar-refractivity contribution in [1.82, 2.24) is 15.2 Å². The number of fused-ring (bicyclic) bond motifs is 1. The van der Waals surface area contributed by atoms with Crippen LogP contribution in [0.1, 0.15) is 12.8 Å². The number of halogens is 2. The van der Waals surface area contributed by atoms with Gasteiger partial charge in [-0.1, -0.05) is 29.3 Å². The van der Waals surface area contributed by atoms with Gasteiger partial charge in [0.25, 0.3) is 0 Å². The number of carbonyl (C=O) groups is 1. The van der Waals surface area contributed by atoms with Gasteiger partial charge in [0.2, 0.25) is 12.7 Å². The summed E-state index contributed by atoms with van der Waals surface area (Å²) in [7, 11) is 1.66. The van der Waals surface area contributed by atoms with E-state index in [0.717, 1.165) is 67.9 Å². The number of benzene rings is 2. The lowest BCUT2D eigenvalue weighted by Gasteiger charge is -2.36. The molecule has 1 aliphatic rings. The van der Waals surface area contributed by atoms with Crippen LogP contribution in [0.3, 0.4) is 0 Å². The molecule has 204 valence electrons. The molecule has 1 N–H and O–H groups in total. The van der Waals surface area contributed by atoms with Crippen molar-refractivity contribution in [3.8, 4) is 11.6 Å². The molecule has 0 amide bonds. The summed E-state index contributed by atoms with van der Waals surface area (Å²) < 4.78 is 20.9. The first-order valence-electron chi connectivity index (χ1n) is 12.6. The van der Waals surface area contributed by atoms with E-state index in [9.17, 15) is 4.79 Å². The molecule has 0 aliphatic carbocycles. The fourth-order valence-electron chi connectivity index (χ4n) is 4.14. The molecule has 0 saturated carbocycles. The topological polar surface area (TPSA) is 85.4 Å². The van der Waals surface area contributed by atoms with Gasteiger partial charge in [-0.15, -0.1) is 0 Å². The van der Waals surface area contributed by atoms with Gasteiger partial charge < -0.3 is 23.8 Å². The van der Waals surface area contributed by atoms with Gasteiger partial charge in [-0.25, -0.2) is 9.78 Å². The molecule has 0 spiro atoms. The number of ether oxygens (including phenoxy) is 4. The van der Waals surface area contributed by atoms with Crippen LogP contribution >= 0.6 is 23.2 Å². The van der Waals surface area contributed by atoms with E-state index in [1.807, 2.05) is 42.5 Å². The molecule has 38 heavy (non-hydrogen) atoms. The first-order valence-corrected chi connectivity index (χ1v) is 13.3. The monoisotopic (exact) mass is 562 g/mol. The molecule has 0 atom stereocenters. The maximum absolute atomic E-state index is 11.4. The van der Waals surface area contributed by atoms with Crippen LogP contribution < -0.4 is 19.7 Å². The Labute approximate surface area is 232 Å². The van der Waals surface area contributed by atoms with Crippen LogP contribution in [0.2, 0.25) is 10.0 Å². The highest BCUT2D eigenvalue weighted by molar-refractivity contribution is 6.43. The van der Waals surface area contributed by atoms with Crippen molar-refractivity contribution in [1.29, 1.82) is 0 Å². The van der Waals surface area contributed by atoms with Crippen molar-refractivity contribution in [2.75, 3.05) is 64.8 Å². The first-order chi connectivity index (χ1) is 18.5. The predicted molar refractivity (Wildman–Crippen MR) is 149 cm³/mol. The van der Waals surface area contributed by atoms with Gasteiger partial charge in [-0.3, -0.25) is 10.2 Å². The Morgan fingerprint density at radius 3 is 2.63 bits per heavy atom. The summed E-state index contributed by atoms with van der Waals surface area (Å²) in [6, 6.07) is 15.2. The van der Waals surface area contributed by atoms with Crippen LogP contribution in [-0.2, 0) is 9.47 Å². The maximum Gasteiger partial charge on any atom is 0.512 e. The molecule has 0 bridgehead atoms. The molecule has 2 heterocycles. The quantitative estimate of drug-likeness (QED) is 0.182. The maximum atomic E-state index is 11.4. The SMILES string of the molecule is CNCOC(=O)OCOc1ccc2ccc(OCCCCN3CCN(c4cccc(Cl)c4Cl)CC3)cc2n1. The Morgan fingerprint density at radius 1 is 1.00 bits per heavy atom. The second kappa shape index (κ2) is 14.2. The number of rotatable bonds is 12. The second-order valence-electron chi connectivity index (χ2n) is 8.76. The average Bonchev–Trinajstić information content (AvgIpc) is 2.93. The molecule has 0 radical (unpaired) electrons. The zero-order valence-electron chi connectivity index (χ0n) is 21.3. The number of hydrogen-bond donors (Lipinski definition) is 1. The molecule has 4 rings (SSSR count). The van der Waals surface area contributed by atoms with Gasteiger partial charge in [0.05, 0.1) is 27.9 Å². The number of pyridine rings is 1. The third-order valence-corrected chi connectivity index (χ3v) is 6.95. The minimum absolute atomic E-state index is 0.0629.